The van der Waals surface area contributed by atoms with E-state index in [9.17, 15) is 4.79 Å². The molecule has 4 heteroatoms. The second-order valence-electron chi connectivity index (χ2n) is 6.27. The van der Waals surface area contributed by atoms with Crippen LogP contribution < -0.4 is 5.73 Å². The standard InChI is InChI=1S/C14H25N3O/c15-11-14(5-2-6-14)13(18)17-9-3-8-16-7-1-4-12(16)10-17/h12H,1-11,15H2. The Bertz CT molecular complexity index is 321. The minimum atomic E-state index is -0.187. The fourth-order valence-corrected chi connectivity index (χ4v) is 3.84. The van der Waals surface area contributed by atoms with Crippen LogP contribution in [0.25, 0.3) is 0 Å². The minimum Gasteiger partial charge on any atom is -0.341 e. The van der Waals surface area contributed by atoms with E-state index in [0.717, 1.165) is 32.4 Å². The van der Waals surface area contributed by atoms with E-state index in [4.69, 9.17) is 5.73 Å². The molecule has 3 aliphatic rings. The lowest BCUT2D eigenvalue weighted by Crippen LogP contribution is -2.53. The predicted molar refractivity (Wildman–Crippen MR) is 71.1 cm³/mol. The predicted octanol–water partition coefficient (Wildman–Crippen LogP) is 0.812. The van der Waals surface area contributed by atoms with Gasteiger partial charge in [0, 0.05) is 32.2 Å². The molecule has 2 N–H and O–H groups in total. The van der Waals surface area contributed by atoms with E-state index in [0.29, 0.717) is 18.5 Å². The number of carbonyl (C=O) groups is 1. The fraction of sp³-hybridized carbons (Fsp3) is 0.929. The van der Waals surface area contributed by atoms with Crippen molar-refractivity contribution in [2.75, 3.05) is 32.7 Å². The molecule has 0 aromatic heterocycles. The van der Waals surface area contributed by atoms with Crippen molar-refractivity contribution >= 4 is 5.91 Å². The first-order chi connectivity index (χ1) is 8.75. The molecule has 0 radical (unpaired) electrons. The van der Waals surface area contributed by atoms with Gasteiger partial charge < -0.3 is 10.6 Å². The van der Waals surface area contributed by atoms with Gasteiger partial charge in [-0.1, -0.05) is 6.42 Å². The molecule has 0 bridgehead atoms. The summed E-state index contributed by atoms with van der Waals surface area (Å²) in [7, 11) is 0. The molecule has 3 fully saturated rings. The quantitative estimate of drug-likeness (QED) is 0.790. The topological polar surface area (TPSA) is 49.6 Å². The Labute approximate surface area is 109 Å². The molecule has 2 aliphatic heterocycles. The lowest BCUT2D eigenvalue weighted by atomic mass is 9.67. The molecule has 0 aromatic carbocycles. The molecule has 1 saturated carbocycles. The number of carbonyl (C=O) groups excluding carboxylic acids is 1. The summed E-state index contributed by atoms with van der Waals surface area (Å²) < 4.78 is 0. The monoisotopic (exact) mass is 251 g/mol. The molecule has 1 unspecified atom stereocenters. The third-order valence-electron chi connectivity index (χ3n) is 5.25. The van der Waals surface area contributed by atoms with Crippen molar-refractivity contribution in [1.29, 1.82) is 0 Å². The largest absolute Gasteiger partial charge is 0.341 e. The van der Waals surface area contributed by atoms with Crippen LogP contribution in [0.3, 0.4) is 0 Å². The Balaban J connectivity index is 1.69. The first-order valence-electron chi connectivity index (χ1n) is 7.49. The molecule has 18 heavy (non-hydrogen) atoms. The van der Waals surface area contributed by atoms with Gasteiger partial charge in [-0.15, -0.1) is 0 Å². The van der Waals surface area contributed by atoms with Crippen molar-refractivity contribution in [2.24, 2.45) is 11.1 Å². The van der Waals surface area contributed by atoms with Gasteiger partial charge in [-0.3, -0.25) is 9.69 Å². The number of nitrogens with zero attached hydrogens (tertiary/aromatic N) is 2. The van der Waals surface area contributed by atoms with Gasteiger partial charge in [0.05, 0.1) is 5.41 Å². The van der Waals surface area contributed by atoms with Crippen molar-refractivity contribution in [3.05, 3.63) is 0 Å². The highest BCUT2D eigenvalue weighted by molar-refractivity contribution is 5.84. The summed E-state index contributed by atoms with van der Waals surface area (Å²) in [4.78, 5) is 17.4. The molecule has 4 nitrogen and oxygen atoms in total. The van der Waals surface area contributed by atoms with Crippen LogP contribution in [-0.4, -0.2) is 54.5 Å². The maximum absolute atomic E-state index is 12.7. The first-order valence-corrected chi connectivity index (χ1v) is 7.49. The van der Waals surface area contributed by atoms with Gasteiger partial charge in [0.15, 0.2) is 0 Å². The Morgan fingerprint density at radius 1 is 1.17 bits per heavy atom. The first kappa shape index (κ1) is 12.4. The number of amides is 1. The maximum Gasteiger partial charge on any atom is 0.230 e. The van der Waals surface area contributed by atoms with Crippen molar-refractivity contribution < 1.29 is 4.79 Å². The maximum atomic E-state index is 12.7. The summed E-state index contributed by atoms with van der Waals surface area (Å²) in [6.07, 6.45) is 6.88. The van der Waals surface area contributed by atoms with E-state index in [1.807, 2.05) is 0 Å². The third kappa shape index (κ3) is 1.95. The van der Waals surface area contributed by atoms with Gasteiger partial charge in [0.2, 0.25) is 5.91 Å². The number of fused-ring (bicyclic) bond motifs is 1. The third-order valence-corrected chi connectivity index (χ3v) is 5.25. The Hall–Kier alpha value is -0.610. The smallest absolute Gasteiger partial charge is 0.230 e. The lowest BCUT2D eigenvalue weighted by Gasteiger charge is -2.43. The van der Waals surface area contributed by atoms with Crippen LogP contribution in [0.5, 0.6) is 0 Å². The zero-order valence-corrected chi connectivity index (χ0v) is 11.2. The van der Waals surface area contributed by atoms with Crippen molar-refractivity contribution in [3.8, 4) is 0 Å². The molecule has 0 aromatic rings. The van der Waals surface area contributed by atoms with E-state index < -0.39 is 0 Å². The molecule has 0 spiro atoms. The number of nitrogens with two attached hydrogens (primary N) is 1. The van der Waals surface area contributed by atoms with Crippen molar-refractivity contribution in [1.82, 2.24) is 9.80 Å². The zero-order chi connectivity index (χ0) is 12.6. The lowest BCUT2D eigenvalue weighted by molar-refractivity contribution is -0.146. The van der Waals surface area contributed by atoms with Crippen molar-refractivity contribution in [3.63, 3.8) is 0 Å². The van der Waals surface area contributed by atoms with Gasteiger partial charge in [-0.2, -0.15) is 0 Å². The molecular weight excluding hydrogens is 226 g/mol. The van der Waals surface area contributed by atoms with E-state index in [2.05, 4.69) is 9.80 Å². The molecule has 102 valence electrons. The van der Waals surface area contributed by atoms with Gasteiger partial charge in [-0.25, -0.2) is 0 Å². The Morgan fingerprint density at radius 3 is 2.61 bits per heavy atom. The summed E-state index contributed by atoms with van der Waals surface area (Å²) in [5, 5.41) is 0. The van der Waals surface area contributed by atoms with Crippen LogP contribution >= 0.6 is 0 Å². The summed E-state index contributed by atoms with van der Waals surface area (Å²) in [6, 6.07) is 0.617. The molecule has 1 atom stereocenters. The highest BCUT2D eigenvalue weighted by Crippen LogP contribution is 2.42. The van der Waals surface area contributed by atoms with E-state index in [1.165, 1.54) is 32.4 Å². The summed E-state index contributed by atoms with van der Waals surface area (Å²) in [6.45, 7) is 4.82. The van der Waals surface area contributed by atoms with Gasteiger partial charge in [-0.05, 0) is 38.6 Å². The highest BCUT2D eigenvalue weighted by Gasteiger charge is 2.46. The molecular formula is C14H25N3O. The Kier molecular flexibility index (Phi) is 3.32. The van der Waals surface area contributed by atoms with Gasteiger partial charge in [0.25, 0.3) is 0 Å². The minimum absolute atomic E-state index is 0.187. The number of rotatable bonds is 2. The number of hydrogen-bond donors (Lipinski definition) is 1. The van der Waals surface area contributed by atoms with Crippen LogP contribution in [0.2, 0.25) is 0 Å². The molecule has 3 rings (SSSR count). The van der Waals surface area contributed by atoms with E-state index in [1.54, 1.807) is 0 Å². The second-order valence-corrected chi connectivity index (χ2v) is 6.27. The molecule has 2 heterocycles. The van der Waals surface area contributed by atoms with E-state index >= 15 is 0 Å². The van der Waals surface area contributed by atoms with Crippen LogP contribution in [0, 0.1) is 5.41 Å². The number of hydrogen-bond acceptors (Lipinski definition) is 3. The highest BCUT2D eigenvalue weighted by atomic mass is 16.2. The molecule has 1 aliphatic carbocycles. The fourth-order valence-electron chi connectivity index (χ4n) is 3.84. The van der Waals surface area contributed by atoms with Gasteiger partial charge in [0.1, 0.15) is 0 Å². The SMILES string of the molecule is NCC1(C(=O)N2CCCN3CCCC3C2)CCC1. The van der Waals surface area contributed by atoms with E-state index in [-0.39, 0.29) is 5.41 Å². The average molecular weight is 251 g/mol. The summed E-state index contributed by atoms with van der Waals surface area (Å²) >= 11 is 0. The Morgan fingerprint density at radius 2 is 1.94 bits per heavy atom. The van der Waals surface area contributed by atoms with Crippen molar-refractivity contribution in [2.45, 2.75) is 44.6 Å². The van der Waals surface area contributed by atoms with Crippen LogP contribution in [0.1, 0.15) is 38.5 Å². The van der Waals surface area contributed by atoms with Crippen LogP contribution in [0.4, 0.5) is 0 Å². The second kappa shape index (κ2) is 4.82. The summed E-state index contributed by atoms with van der Waals surface area (Å²) in [5.74, 6) is 0.352. The van der Waals surface area contributed by atoms with Crippen LogP contribution in [0.15, 0.2) is 0 Å². The normalized spacial score (nSPS) is 31.6. The molecule has 1 amide bonds. The van der Waals surface area contributed by atoms with Crippen LogP contribution in [-0.2, 0) is 4.79 Å². The average Bonchev–Trinajstić information content (AvgIpc) is 2.66. The summed E-state index contributed by atoms with van der Waals surface area (Å²) in [5.41, 5.74) is 5.68. The molecule has 2 saturated heterocycles. The zero-order valence-electron chi connectivity index (χ0n) is 11.2. The van der Waals surface area contributed by atoms with Gasteiger partial charge >= 0.3 is 0 Å².